The molecule has 0 saturated heterocycles. The van der Waals surface area contributed by atoms with Crippen molar-refractivity contribution in [3.63, 3.8) is 0 Å². The van der Waals surface area contributed by atoms with Crippen molar-refractivity contribution < 1.29 is 13.7 Å². The Kier molecular flexibility index (Phi) is 2.14. The number of nitro benzene ring substituents is 1. The van der Waals surface area contributed by atoms with Gasteiger partial charge in [-0.2, -0.15) is 4.39 Å². The Morgan fingerprint density at radius 1 is 1.46 bits per heavy atom. The van der Waals surface area contributed by atoms with Crippen LogP contribution in [0.3, 0.4) is 0 Å². The molecule has 2 N–H and O–H groups in total. The van der Waals surface area contributed by atoms with Gasteiger partial charge in [0, 0.05) is 11.6 Å². The van der Waals surface area contributed by atoms with Crippen LogP contribution in [0.25, 0.3) is 0 Å². The molecule has 0 aliphatic rings. The van der Waals surface area contributed by atoms with Crippen molar-refractivity contribution in [1.82, 2.24) is 0 Å². The van der Waals surface area contributed by atoms with Crippen LogP contribution < -0.4 is 5.73 Å². The highest BCUT2D eigenvalue weighted by molar-refractivity contribution is 5.63. The first kappa shape index (κ1) is 9.37. The number of halogens is 2. The third kappa shape index (κ3) is 1.42. The van der Waals surface area contributed by atoms with Crippen molar-refractivity contribution >= 4 is 11.4 Å². The summed E-state index contributed by atoms with van der Waals surface area (Å²) in [6.45, 7) is 1.25. The Morgan fingerprint density at radius 2 is 2.00 bits per heavy atom. The van der Waals surface area contributed by atoms with Gasteiger partial charge in [0.25, 0.3) is 0 Å². The molecule has 0 heterocycles. The first-order chi connectivity index (χ1) is 5.95. The zero-order chi connectivity index (χ0) is 10.2. The molecule has 0 atom stereocenters. The second-order valence-electron chi connectivity index (χ2n) is 2.48. The lowest BCUT2D eigenvalue weighted by Crippen LogP contribution is -2.03. The average molecular weight is 188 g/mol. The molecule has 6 heteroatoms. The number of rotatable bonds is 1. The highest BCUT2D eigenvalue weighted by Gasteiger charge is 2.22. The van der Waals surface area contributed by atoms with E-state index >= 15 is 0 Å². The summed E-state index contributed by atoms with van der Waals surface area (Å²) in [6, 6.07) is 0.448. The van der Waals surface area contributed by atoms with Crippen LogP contribution in [0.15, 0.2) is 6.07 Å². The normalized spacial score (nSPS) is 10.1. The Balaban J connectivity index is 3.53. The molecule has 1 aromatic rings. The van der Waals surface area contributed by atoms with E-state index in [9.17, 15) is 18.9 Å². The number of nitrogens with two attached hydrogens (primary N) is 1. The SMILES string of the molecule is Cc1c(F)cc(F)c([N+](=O)[O-])c1N. The minimum Gasteiger partial charge on any atom is -0.393 e. The van der Waals surface area contributed by atoms with Gasteiger partial charge in [0.2, 0.25) is 5.82 Å². The lowest BCUT2D eigenvalue weighted by molar-refractivity contribution is -0.386. The van der Waals surface area contributed by atoms with Crippen molar-refractivity contribution in [1.29, 1.82) is 0 Å². The highest BCUT2D eigenvalue weighted by atomic mass is 19.1. The van der Waals surface area contributed by atoms with Crippen LogP contribution in [0, 0.1) is 28.7 Å². The molecule has 0 spiro atoms. The average Bonchev–Trinajstić information content (AvgIpc) is 1.99. The predicted octanol–water partition coefficient (Wildman–Crippen LogP) is 1.76. The summed E-state index contributed by atoms with van der Waals surface area (Å²) in [7, 11) is 0. The number of hydrogen-bond donors (Lipinski definition) is 1. The minimum atomic E-state index is -1.26. The molecule has 0 amide bonds. The van der Waals surface area contributed by atoms with Crippen LogP contribution in [-0.2, 0) is 0 Å². The van der Waals surface area contributed by atoms with E-state index in [1.54, 1.807) is 0 Å². The number of hydrogen-bond acceptors (Lipinski definition) is 3. The Labute approximate surface area is 72.1 Å². The van der Waals surface area contributed by atoms with Crippen molar-refractivity contribution in [3.05, 3.63) is 33.4 Å². The maximum Gasteiger partial charge on any atom is 0.327 e. The summed E-state index contributed by atoms with van der Waals surface area (Å²) in [4.78, 5) is 9.29. The minimum absolute atomic E-state index is 0.117. The van der Waals surface area contributed by atoms with Crippen molar-refractivity contribution in [2.75, 3.05) is 5.73 Å². The molecule has 0 fully saturated rings. The van der Waals surface area contributed by atoms with Crippen LogP contribution in [0.1, 0.15) is 5.56 Å². The Morgan fingerprint density at radius 3 is 2.46 bits per heavy atom. The quantitative estimate of drug-likeness (QED) is 0.414. The van der Waals surface area contributed by atoms with Gasteiger partial charge in [-0.1, -0.05) is 0 Å². The fourth-order valence-electron chi connectivity index (χ4n) is 0.908. The molecule has 0 aliphatic carbocycles. The number of benzene rings is 1. The van der Waals surface area contributed by atoms with Crippen molar-refractivity contribution in [2.45, 2.75) is 6.92 Å². The van der Waals surface area contributed by atoms with Gasteiger partial charge in [-0.25, -0.2) is 4.39 Å². The van der Waals surface area contributed by atoms with Crippen molar-refractivity contribution in [2.24, 2.45) is 0 Å². The van der Waals surface area contributed by atoms with E-state index in [1.807, 2.05) is 0 Å². The van der Waals surface area contributed by atoms with E-state index in [1.165, 1.54) is 6.92 Å². The maximum atomic E-state index is 12.8. The van der Waals surface area contributed by atoms with Gasteiger partial charge in [0.15, 0.2) is 0 Å². The van der Waals surface area contributed by atoms with Crippen molar-refractivity contribution in [3.8, 4) is 0 Å². The van der Waals surface area contributed by atoms with E-state index in [0.717, 1.165) is 0 Å². The molecule has 0 saturated carbocycles. The van der Waals surface area contributed by atoms with Gasteiger partial charge in [-0.05, 0) is 6.92 Å². The summed E-state index contributed by atoms with van der Waals surface area (Å²) < 4.78 is 25.5. The molecule has 0 radical (unpaired) electrons. The molecular weight excluding hydrogens is 182 g/mol. The van der Waals surface area contributed by atoms with Crippen LogP contribution in [-0.4, -0.2) is 4.92 Å². The second-order valence-corrected chi connectivity index (χ2v) is 2.48. The number of anilines is 1. The first-order valence-electron chi connectivity index (χ1n) is 3.33. The second kappa shape index (κ2) is 2.96. The molecule has 4 nitrogen and oxygen atoms in total. The summed E-state index contributed by atoms with van der Waals surface area (Å²) in [5.41, 5.74) is 3.70. The fraction of sp³-hybridized carbons (Fsp3) is 0.143. The molecule has 1 rings (SSSR count). The smallest absolute Gasteiger partial charge is 0.327 e. The van der Waals surface area contributed by atoms with Crippen LogP contribution in [0.4, 0.5) is 20.2 Å². The van der Waals surface area contributed by atoms with Gasteiger partial charge in [0.1, 0.15) is 11.5 Å². The van der Waals surface area contributed by atoms with Crippen LogP contribution in [0.5, 0.6) is 0 Å². The fourth-order valence-corrected chi connectivity index (χ4v) is 0.908. The predicted molar refractivity (Wildman–Crippen MR) is 42.2 cm³/mol. The molecule has 0 aromatic heterocycles. The van der Waals surface area contributed by atoms with Gasteiger partial charge in [0.05, 0.1) is 4.92 Å². The monoisotopic (exact) mass is 188 g/mol. The topological polar surface area (TPSA) is 69.2 Å². The summed E-state index contributed by atoms with van der Waals surface area (Å²) in [5.74, 6) is -2.15. The van der Waals surface area contributed by atoms with Crippen LogP contribution >= 0.6 is 0 Å². The molecule has 13 heavy (non-hydrogen) atoms. The van der Waals surface area contributed by atoms with E-state index in [-0.39, 0.29) is 5.56 Å². The molecule has 0 aliphatic heterocycles. The van der Waals surface area contributed by atoms with E-state index < -0.39 is 27.9 Å². The lowest BCUT2D eigenvalue weighted by atomic mass is 10.1. The molecular formula is C7H6F2N2O2. The Bertz CT molecular complexity index is 379. The van der Waals surface area contributed by atoms with Gasteiger partial charge < -0.3 is 5.73 Å². The zero-order valence-electron chi connectivity index (χ0n) is 6.67. The zero-order valence-corrected chi connectivity index (χ0v) is 6.67. The Hall–Kier alpha value is -1.72. The number of nitrogens with zero attached hydrogens (tertiary/aromatic N) is 1. The van der Waals surface area contributed by atoms with Gasteiger partial charge >= 0.3 is 5.69 Å². The van der Waals surface area contributed by atoms with Gasteiger partial charge in [-0.3, -0.25) is 10.1 Å². The third-order valence-electron chi connectivity index (χ3n) is 1.68. The molecule has 0 bridgehead atoms. The number of nitro groups is 1. The highest BCUT2D eigenvalue weighted by Crippen LogP contribution is 2.29. The largest absolute Gasteiger partial charge is 0.393 e. The van der Waals surface area contributed by atoms with E-state index in [4.69, 9.17) is 5.73 Å². The van der Waals surface area contributed by atoms with Crippen LogP contribution in [0.2, 0.25) is 0 Å². The molecule has 1 aromatic carbocycles. The lowest BCUT2D eigenvalue weighted by Gasteiger charge is -2.02. The molecule has 0 unspecified atom stereocenters. The van der Waals surface area contributed by atoms with E-state index in [2.05, 4.69) is 0 Å². The summed E-state index contributed by atoms with van der Waals surface area (Å²) in [5, 5.41) is 10.3. The van der Waals surface area contributed by atoms with E-state index in [0.29, 0.717) is 6.07 Å². The summed E-state index contributed by atoms with van der Waals surface area (Å²) in [6.07, 6.45) is 0. The third-order valence-corrected chi connectivity index (χ3v) is 1.68. The summed E-state index contributed by atoms with van der Waals surface area (Å²) >= 11 is 0. The number of nitrogen functional groups attached to an aromatic ring is 1. The van der Waals surface area contributed by atoms with Gasteiger partial charge in [-0.15, -0.1) is 0 Å². The molecule has 70 valence electrons. The standard InChI is InChI=1S/C7H6F2N2O2/c1-3-4(8)2-5(9)7(6(3)10)11(12)13/h2H,10H2,1H3. The maximum absolute atomic E-state index is 12.8. The first-order valence-corrected chi connectivity index (χ1v) is 3.33.